The molecule has 0 aliphatic rings. The molecule has 0 saturated carbocycles. The van der Waals surface area contributed by atoms with Crippen LogP contribution >= 0.6 is 15.9 Å². The lowest BCUT2D eigenvalue weighted by Gasteiger charge is -2.17. The zero-order valence-electron chi connectivity index (χ0n) is 17.2. The smallest absolute Gasteiger partial charge is 0.256 e. The van der Waals surface area contributed by atoms with Crippen LogP contribution in [-0.2, 0) is 11.3 Å². The Morgan fingerprint density at radius 1 is 1.17 bits per heavy atom. The Labute approximate surface area is 179 Å². The summed E-state index contributed by atoms with van der Waals surface area (Å²) in [5.74, 6) is 0.0787. The number of hydrogen-bond donors (Lipinski definition) is 1. The fraction of sp³-hybridized carbons (Fsp3) is 0.304. The number of aryl methyl sites for hydroxylation is 1. The Kier molecular flexibility index (Phi) is 6.42. The monoisotopic (exact) mass is 455 g/mol. The summed E-state index contributed by atoms with van der Waals surface area (Å²) in [7, 11) is 1.66. The predicted octanol–water partition coefficient (Wildman–Crippen LogP) is 5.08. The Bertz CT molecular complexity index is 1060. The molecule has 0 fully saturated rings. The van der Waals surface area contributed by atoms with Crippen molar-refractivity contribution >= 4 is 44.3 Å². The molecule has 1 aromatic heterocycles. The molecule has 6 heteroatoms. The van der Waals surface area contributed by atoms with Gasteiger partial charge < -0.3 is 14.8 Å². The molecule has 2 amide bonds. The van der Waals surface area contributed by atoms with Gasteiger partial charge in [0.1, 0.15) is 0 Å². The van der Waals surface area contributed by atoms with Crippen molar-refractivity contribution in [2.75, 3.05) is 18.9 Å². The van der Waals surface area contributed by atoms with Crippen molar-refractivity contribution in [3.8, 4) is 0 Å². The van der Waals surface area contributed by atoms with E-state index in [1.165, 1.54) is 4.90 Å². The van der Waals surface area contributed by atoms with Gasteiger partial charge in [-0.2, -0.15) is 0 Å². The molecule has 1 N–H and O–H groups in total. The van der Waals surface area contributed by atoms with Crippen LogP contribution in [0, 0.1) is 12.8 Å². The number of hydrogen-bond acceptors (Lipinski definition) is 2. The van der Waals surface area contributed by atoms with Crippen LogP contribution in [0.1, 0.15) is 29.8 Å². The second-order valence-electron chi connectivity index (χ2n) is 7.77. The van der Waals surface area contributed by atoms with Crippen LogP contribution in [0.5, 0.6) is 0 Å². The van der Waals surface area contributed by atoms with E-state index in [0.29, 0.717) is 11.5 Å². The number of nitrogens with one attached hydrogen (secondary N) is 1. The normalized spacial score (nSPS) is 11.1. The van der Waals surface area contributed by atoms with Gasteiger partial charge in [-0.15, -0.1) is 0 Å². The van der Waals surface area contributed by atoms with E-state index in [9.17, 15) is 9.59 Å². The predicted molar refractivity (Wildman–Crippen MR) is 121 cm³/mol. The highest BCUT2D eigenvalue weighted by Gasteiger charge is 2.20. The van der Waals surface area contributed by atoms with E-state index in [2.05, 4.69) is 39.7 Å². The van der Waals surface area contributed by atoms with Gasteiger partial charge >= 0.3 is 0 Å². The van der Waals surface area contributed by atoms with Crippen LogP contribution in [-0.4, -0.2) is 34.9 Å². The van der Waals surface area contributed by atoms with Crippen molar-refractivity contribution in [1.82, 2.24) is 9.47 Å². The van der Waals surface area contributed by atoms with Gasteiger partial charge in [-0.05, 0) is 42.7 Å². The molecule has 2 aromatic carbocycles. The van der Waals surface area contributed by atoms with Crippen molar-refractivity contribution in [3.63, 3.8) is 0 Å². The summed E-state index contributed by atoms with van der Waals surface area (Å²) in [5, 5.41) is 3.80. The fourth-order valence-corrected chi connectivity index (χ4v) is 3.89. The highest BCUT2D eigenvalue weighted by molar-refractivity contribution is 9.10. The van der Waals surface area contributed by atoms with E-state index >= 15 is 0 Å². The molecule has 0 aliphatic carbocycles. The summed E-state index contributed by atoms with van der Waals surface area (Å²) < 4.78 is 3.07. The summed E-state index contributed by atoms with van der Waals surface area (Å²) in [4.78, 5) is 27.0. The van der Waals surface area contributed by atoms with Crippen LogP contribution in [0.2, 0.25) is 0 Å². The molecule has 29 heavy (non-hydrogen) atoms. The summed E-state index contributed by atoms with van der Waals surface area (Å²) in [5.41, 5.74) is 3.36. The van der Waals surface area contributed by atoms with Crippen LogP contribution < -0.4 is 5.32 Å². The van der Waals surface area contributed by atoms with Crippen molar-refractivity contribution in [2.24, 2.45) is 5.92 Å². The second-order valence-corrected chi connectivity index (χ2v) is 8.69. The fourth-order valence-electron chi connectivity index (χ4n) is 3.41. The Morgan fingerprint density at radius 2 is 1.90 bits per heavy atom. The number of para-hydroxylation sites is 1. The molecule has 3 rings (SSSR count). The number of carbonyl (C=O) groups excluding carboxylic acids is 2. The van der Waals surface area contributed by atoms with Gasteiger partial charge in [0.15, 0.2) is 0 Å². The zero-order chi connectivity index (χ0) is 21.1. The first-order chi connectivity index (χ1) is 13.8. The molecule has 152 valence electrons. The van der Waals surface area contributed by atoms with Gasteiger partial charge in [0.2, 0.25) is 5.91 Å². The van der Waals surface area contributed by atoms with Crippen LogP contribution in [0.4, 0.5) is 5.69 Å². The summed E-state index contributed by atoms with van der Waals surface area (Å²) >= 11 is 3.42. The quantitative estimate of drug-likeness (QED) is 0.563. The Morgan fingerprint density at radius 3 is 2.59 bits per heavy atom. The van der Waals surface area contributed by atoms with E-state index in [1.54, 1.807) is 7.05 Å². The van der Waals surface area contributed by atoms with Crippen LogP contribution in [0.15, 0.2) is 53.1 Å². The SMILES string of the molecule is Cc1cc(Br)ccc1NC(=O)CN(C)C(=O)c1cn(CC(C)C)c2ccccc12. The number of anilines is 1. The van der Waals surface area contributed by atoms with Gasteiger partial charge in [0.05, 0.1) is 12.1 Å². The van der Waals surface area contributed by atoms with Crippen molar-refractivity contribution in [2.45, 2.75) is 27.3 Å². The molecule has 0 atom stereocenters. The first-order valence-electron chi connectivity index (χ1n) is 9.65. The summed E-state index contributed by atoms with van der Waals surface area (Å²) in [6.07, 6.45) is 1.90. The minimum Gasteiger partial charge on any atom is -0.346 e. The molecule has 0 spiro atoms. The first kappa shape index (κ1) is 21.1. The third-order valence-electron chi connectivity index (χ3n) is 4.77. The van der Waals surface area contributed by atoms with Crippen molar-refractivity contribution in [3.05, 3.63) is 64.3 Å². The van der Waals surface area contributed by atoms with Gasteiger partial charge in [0, 0.05) is 40.9 Å². The largest absolute Gasteiger partial charge is 0.346 e. The molecular formula is C23H26BrN3O2. The average Bonchev–Trinajstić information content (AvgIpc) is 3.01. The van der Waals surface area contributed by atoms with Gasteiger partial charge in [-0.1, -0.05) is 48.0 Å². The number of carbonyl (C=O) groups is 2. The lowest BCUT2D eigenvalue weighted by molar-refractivity contribution is -0.116. The maximum atomic E-state index is 13.1. The molecule has 1 heterocycles. The third kappa shape index (κ3) is 4.88. The average molecular weight is 456 g/mol. The van der Waals surface area contributed by atoms with Gasteiger partial charge in [-0.3, -0.25) is 9.59 Å². The first-order valence-corrected chi connectivity index (χ1v) is 10.4. The van der Waals surface area contributed by atoms with Crippen LogP contribution in [0.25, 0.3) is 10.9 Å². The molecular weight excluding hydrogens is 430 g/mol. The molecule has 0 aliphatic heterocycles. The molecule has 0 saturated heterocycles. The van der Waals surface area contributed by atoms with E-state index in [1.807, 2.05) is 55.6 Å². The Balaban J connectivity index is 1.77. The van der Waals surface area contributed by atoms with Crippen molar-refractivity contribution < 1.29 is 9.59 Å². The minimum atomic E-state index is -0.225. The highest BCUT2D eigenvalue weighted by Crippen LogP contribution is 2.24. The number of amides is 2. The lowest BCUT2D eigenvalue weighted by Crippen LogP contribution is -2.35. The number of aromatic nitrogens is 1. The maximum Gasteiger partial charge on any atom is 0.256 e. The molecule has 0 bridgehead atoms. The van der Waals surface area contributed by atoms with E-state index < -0.39 is 0 Å². The topological polar surface area (TPSA) is 54.3 Å². The molecule has 0 unspecified atom stereocenters. The summed E-state index contributed by atoms with van der Waals surface area (Å²) in [6.45, 7) is 7.05. The maximum absolute atomic E-state index is 13.1. The van der Waals surface area contributed by atoms with Gasteiger partial charge in [0.25, 0.3) is 5.91 Å². The van der Waals surface area contributed by atoms with Crippen LogP contribution in [0.3, 0.4) is 0 Å². The standard InChI is InChI=1S/C23H26BrN3O2/c1-15(2)12-27-13-19(18-7-5-6-8-21(18)27)23(29)26(4)14-22(28)25-20-10-9-17(24)11-16(20)3/h5-11,13,15H,12,14H2,1-4H3,(H,25,28). The minimum absolute atomic E-state index is 0.0158. The number of rotatable bonds is 6. The third-order valence-corrected chi connectivity index (χ3v) is 5.26. The number of nitrogens with zero attached hydrogens (tertiary/aromatic N) is 2. The van der Waals surface area contributed by atoms with E-state index in [-0.39, 0.29) is 18.4 Å². The number of likely N-dealkylation sites (N-methyl/N-ethyl adjacent to an activating group) is 1. The van der Waals surface area contributed by atoms with E-state index in [0.717, 1.165) is 33.2 Å². The van der Waals surface area contributed by atoms with Gasteiger partial charge in [-0.25, -0.2) is 0 Å². The molecule has 3 aromatic rings. The molecule has 5 nitrogen and oxygen atoms in total. The molecule has 0 radical (unpaired) electrons. The lowest BCUT2D eigenvalue weighted by atomic mass is 10.1. The second kappa shape index (κ2) is 8.82. The highest BCUT2D eigenvalue weighted by atomic mass is 79.9. The van der Waals surface area contributed by atoms with Crippen molar-refractivity contribution in [1.29, 1.82) is 0 Å². The number of halogens is 1. The zero-order valence-corrected chi connectivity index (χ0v) is 18.8. The number of fused-ring (bicyclic) bond motifs is 1. The van der Waals surface area contributed by atoms with E-state index in [4.69, 9.17) is 0 Å². The number of benzene rings is 2. The Hall–Kier alpha value is -2.60. The summed E-state index contributed by atoms with van der Waals surface area (Å²) in [6, 6.07) is 13.6.